The zero-order valence-corrected chi connectivity index (χ0v) is 21.7. The molecule has 2 fully saturated rings. The molecule has 3 heterocycles. The van der Waals surface area contributed by atoms with Gasteiger partial charge in [-0.2, -0.15) is 11.8 Å². The lowest BCUT2D eigenvalue weighted by Gasteiger charge is -2.35. The van der Waals surface area contributed by atoms with E-state index < -0.39 is 35.2 Å². The number of ether oxygens (including phenoxy) is 3. The number of H-pyrrole nitrogens is 1. The maximum Gasteiger partial charge on any atom is 0.410 e. The number of likely N-dealkylation sites (tertiary alicyclic amines) is 1. The molecule has 1 aromatic heterocycles. The zero-order chi connectivity index (χ0) is 25.9. The molecule has 8 nitrogen and oxygen atoms in total. The van der Waals surface area contributed by atoms with Crippen LogP contribution in [-0.4, -0.2) is 70.9 Å². The fraction of sp³-hybridized carbons (Fsp3) is 0.640. The van der Waals surface area contributed by atoms with Crippen molar-refractivity contribution in [2.24, 2.45) is 5.92 Å². The Balaban J connectivity index is 1.38. The first-order valence-electron chi connectivity index (χ1n) is 12.3. The fourth-order valence-corrected chi connectivity index (χ4v) is 5.33. The molecule has 0 bridgehead atoms. The molecule has 1 N–H and O–H groups in total. The first-order valence-corrected chi connectivity index (χ1v) is 13.3. The van der Waals surface area contributed by atoms with Gasteiger partial charge in [0.25, 0.3) is 5.56 Å². The Hall–Kier alpha value is -2.40. The molecule has 0 aliphatic carbocycles. The Morgan fingerprint density at radius 3 is 2.72 bits per heavy atom. The summed E-state index contributed by atoms with van der Waals surface area (Å²) in [4.78, 5) is 33.2. The van der Waals surface area contributed by atoms with E-state index in [-0.39, 0.29) is 29.8 Å². The maximum atomic E-state index is 14.8. The topological polar surface area (TPSA) is 93.8 Å². The third-order valence-corrected chi connectivity index (χ3v) is 7.58. The molecule has 2 aliphatic rings. The van der Waals surface area contributed by atoms with Crippen molar-refractivity contribution in [3.05, 3.63) is 34.1 Å². The third kappa shape index (κ3) is 6.88. The van der Waals surface area contributed by atoms with Gasteiger partial charge in [-0.15, -0.1) is 0 Å². The van der Waals surface area contributed by atoms with Crippen molar-refractivity contribution < 1.29 is 27.8 Å². The van der Waals surface area contributed by atoms with Crippen molar-refractivity contribution >= 4 is 28.8 Å². The van der Waals surface area contributed by atoms with E-state index in [2.05, 4.69) is 9.97 Å². The van der Waals surface area contributed by atoms with Gasteiger partial charge in [-0.1, -0.05) is 0 Å². The predicted molar refractivity (Wildman–Crippen MR) is 134 cm³/mol. The summed E-state index contributed by atoms with van der Waals surface area (Å²) in [6.45, 7) is 7.02. The lowest BCUT2D eigenvalue weighted by atomic mass is 9.96. The van der Waals surface area contributed by atoms with E-state index in [1.807, 2.05) is 0 Å². The van der Waals surface area contributed by atoms with Crippen LogP contribution in [0.4, 0.5) is 13.6 Å². The molecule has 0 radical (unpaired) electrons. The lowest BCUT2D eigenvalue weighted by Crippen LogP contribution is -2.48. The number of carbonyl (C=O) groups is 1. The summed E-state index contributed by atoms with van der Waals surface area (Å²) < 4.78 is 46.0. The monoisotopic (exact) mass is 525 g/mol. The smallest absolute Gasteiger partial charge is 0.410 e. The number of aromatic amines is 1. The van der Waals surface area contributed by atoms with Gasteiger partial charge in [0.15, 0.2) is 0 Å². The third-order valence-electron chi connectivity index (χ3n) is 6.20. The largest absolute Gasteiger partial charge is 0.493 e. The van der Waals surface area contributed by atoms with Crippen molar-refractivity contribution in [1.29, 1.82) is 0 Å². The van der Waals surface area contributed by atoms with E-state index in [0.717, 1.165) is 32.1 Å². The second-order valence-electron chi connectivity index (χ2n) is 10.2. The maximum absolute atomic E-state index is 14.8. The minimum atomic E-state index is -1.30. The molecule has 0 saturated carbocycles. The standard InChI is InChI=1S/C25H33F2N3O5S/c1-25(2,3)35-24(32)30-7-4-15(19(27)12-30)13-34-16-10-18(26)22-20(11-16)28-21(29-23(22)31)14-36-17-5-8-33-9-6-17/h10-11,15,17,19H,4-9,12-14H2,1-3H3,(H,28,29,31). The van der Waals surface area contributed by atoms with Gasteiger partial charge in [-0.3, -0.25) is 4.79 Å². The summed E-state index contributed by atoms with van der Waals surface area (Å²) in [7, 11) is 0. The van der Waals surface area contributed by atoms with Crippen LogP contribution in [0.2, 0.25) is 0 Å². The van der Waals surface area contributed by atoms with Gasteiger partial charge in [0.05, 0.1) is 24.4 Å². The van der Waals surface area contributed by atoms with Crippen LogP contribution in [0.5, 0.6) is 5.75 Å². The van der Waals surface area contributed by atoms with Crippen LogP contribution in [0.3, 0.4) is 0 Å². The van der Waals surface area contributed by atoms with Gasteiger partial charge in [0.2, 0.25) is 0 Å². The molecule has 0 spiro atoms. The average molecular weight is 526 g/mol. The van der Waals surface area contributed by atoms with Crippen LogP contribution in [0.1, 0.15) is 45.9 Å². The van der Waals surface area contributed by atoms with E-state index in [9.17, 15) is 18.4 Å². The van der Waals surface area contributed by atoms with Gasteiger partial charge < -0.3 is 24.1 Å². The van der Waals surface area contributed by atoms with E-state index in [0.29, 0.717) is 29.8 Å². The van der Waals surface area contributed by atoms with Crippen molar-refractivity contribution in [1.82, 2.24) is 14.9 Å². The highest BCUT2D eigenvalue weighted by molar-refractivity contribution is 7.99. The van der Waals surface area contributed by atoms with Crippen molar-refractivity contribution in [2.45, 2.75) is 62.8 Å². The number of halogens is 2. The number of carbonyl (C=O) groups excluding carboxylic acids is 1. The van der Waals surface area contributed by atoms with Crippen LogP contribution in [-0.2, 0) is 15.2 Å². The minimum Gasteiger partial charge on any atom is -0.493 e. The number of thioether (sulfide) groups is 1. The normalized spacial score (nSPS) is 21.5. The number of aromatic nitrogens is 2. The predicted octanol–water partition coefficient (Wildman–Crippen LogP) is 4.45. The number of hydrogen-bond donors (Lipinski definition) is 1. The van der Waals surface area contributed by atoms with Crippen LogP contribution < -0.4 is 10.3 Å². The molecule has 1 amide bonds. The minimum absolute atomic E-state index is 0.0178. The molecule has 2 unspecified atom stereocenters. The molecule has 2 saturated heterocycles. The Kier molecular flexibility index (Phi) is 8.39. The van der Waals surface area contributed by atoms with Gasteiger partial charge in [0, 0.05) is 43.1 Å². The molecule has 2 atom stereocenters. The van der Waals surface area contributed by atoms with Gasteiger partial charge in [-0.25, -0.2) is 18.6 Å². The van der Waals surface area contributed by atoms with E-state index in [1.165, 1.54) is 11.0 Å². The SMILES string of the molecule is CC(C)(C)OC(=O)N1CCC(COc2cc(F)c3c(=O)[nH]c(CSC4CCOCC4)nc3c2)C(F)C1. The molecule has 198 valence electrons. The number of piperidine rings is 1. The van der Waals surface area contributed by atoms with Crippen LogP contribution >= 0.6 is 11.8 Å². The first-order chi connectivity index (χ1) is 17.1. The second kappa shape index (κ2) is 11.3. The number of amides is 1. The lowest BCUT2D eigenvalue weighted by molar-refractivity contribution is 0.000394. The summed E-state index contributed by atoms with van der Waals surface area (Å²) in [6.07, 6.45) is 0.444. The summed E-state index contributed by atoms with van der Waals surface area (Å²) >= 11 is 1.69. The van der Waals surface area contributed by atoms with E-state index in [1.54, 1.807) is 32.5 Å². The highest BCUT2D eigenvalue weighted by atomic mass is 32.2. The van der Waals surface area contributed by atoms with Crippen LogP contribution in [0, 0.1) is 11.7 Å². The van der Waals surface area contributed by atoms with Crippen molar-refractivity contribution in [3.63, 3.8) is 0 Å². The number of fused-ring (bicyclic) bond motifs is 1. The Morgan fingerprint density at radius 1 is 1.28 bits per heavy atom. The number of hydrogen-bond acceptors (Lipinski definition) is 7. The molecule has 1 aromatic carbocycles. The quantitative estimate of drug-likeness (QED) is 0.596. The highest BCUT2D eigenvalue weighted by Gasteiger charge is 2.34. The van der Waals surface area contributed by atoms with Gasteiger partial charge >= 0.3 is 6.09 Å². The van der Waals surface area contributed by atoms with E-state index >= 15 is 0 Å². The zero-order valence-electron chi connectivity index (χ0n) is 20.9. The molecular weight excluding hydrogens is 492 g/mol. The van der Waals surface area contributed by atoms with Gasteiger partial charge in [-0.05, 0) is 40.0 Å². The second-order valence-corrected chi connectivity index (χ2v) is 11.5. The fourth-order valence-electron chi connectivity index (χ4n) is 4.28. The molecule has 11 heteroatoms. The Bertz CT molecular complexity index is 1130. The molecule has 4 rings (SSSR count). The molecule has 36 heavy (non-hydrogen) atoms. The molecular formula is C25H33F2N3O5S. The van der Waals surface area contributed by atoms with Crippen molar-refractivity contribution in [3.8, 4) is 5.75 Å². The number of nitrogens with one attached hydrogen (secondary N) is 1. The van der Waals surface area contributed by atoms with E-state index in [4.69, 9.17) is 14.2 Å². The molecule has 2 aromatic rings. The van der Waals surface area contributed by atoms with Crippen LogP contribution in [0.15, 0.2) is 16.9 Å². The number of alkyl halides is 1. The summed E-state index contributed by atoms with van der Waals surface area (Å²) in [5, 5.41) is 0.303. The Labute approximate surface area is 213 Å². The summed E-state index contributed by atoms with van der Waals surface area (Å²) in [6, 6.07) is 2.64. The van der Waals surface area contributed by atoms with Crippen molar-refractivity contribution in [2.75, 3.05) is 32.9 Å². The Morgan fingerprint density at radius 2 is 2.03 bits per heavy atom. The summed E-state index contributed by atoms with van der Waals surface area (Å²) in [5.74, 6) is -0.0401. The average Bonchev–Trinajstić information content (AvgIpc) is 2.81. The first kappa shape index (κ1) is 26.7. The van der Waals surface area contributed by atoms with Gasteiger partial charge in [0.1, 0.15) is 34.6 Å². The molecule has 2 aliphatic heterocycles. The summed E-state index contributed by atoms with van der Waals surface area (Å²) in [5.41, 5.74) is -0.986. The number of benzene rings is 1. The highest BCUT2D eigenvalue weighted by Crippen LogP contribution is 2.27. The number of rotatable bonds is 6. The van der Waals surface area contributed by atoms with Crippen LogP contribution in [0.25, 0.3) is 10.9 Å². The number of nitrogens with zero attached hydrogens (tertiary/aromatic N) is 2.